The molecule has 0 amide bonds. The summed E-state index contributed by atoms with van der Waals surface area (Å²) in [5.41, 5.74) is -0.0960. The summed E-state index contributed by atoms with van der Waals surface area (Å²) in [6.07, 6.45) is 0.154. The molecule has 26 heavy (non-hydrogen) atoms. The van der Waals surface area contributed by atoms with Gasteiger partial charge in [-0.15, -0.1) is 0 Å². The molecule has 0 unspecified atom stereocenters. The molecule has 1 aliphatic heterocycles. The second kappa shape index (κ2) is 7.38. The highest BCUT2D eigenvalue weighted by Crippen LogP contribution is 2.42. The van der Waals surface area contributed by atoms with Crippen LogP contribution < -0.4 is 9.64 Å². The number of carbonyl (C=O) groups is 2. The van der Waals surface area contributed by atoms with Gasteiger partial charge in [-0.25, -0.2) is 9.59 Å². The van der Waals surface area contributed by atoms with Crippen LogP contribution in [0.2, 0.25) is 5.02 Å². The normalized spacial score (nSPS) is 18.9. The molecule has 5 nitrogen and oxygen atoms in total. The van der Waals surface area contributed by atoms with Crippen LogP contribution in [0, 0.1) is 0 Å². The van der Waals surface area contributed by atoms with Crippen LogP contribution in [0.3, 0.4) is 0 Å². The van der Waals surface area contributed by atoms with Gasteiger partial charge in [0.15, 0.2) is 5.75 Å². The molecule has 0 saturated heterocycles. The van der Waals surface area contributed by atoms with Crippen LogP contribution in [0.15, 0.2) is 48.5 Å². The number of carbonyl (C=O) groups excluding carboxylic acids is 2. The fourth-order valence-electron chi connectivity index (χ4n) is 3.31. The van der Waals surface area contributed by atoms with Gasteiger partial charge in [0.25, 0.3) is 0 Å². The Hall–Kier alpha value is -2.53. The topological polar surface area (TPSA) is 55.8 Å². The molecule has 6 heteroatoms. The van der Waals surface area contributed by atoms with Gasteiger partial charge in [-0.2, -0.15) is 0 Å². The Morgan fingerprint density at radius 3 is 2.58 bits per heavy atom. The number of hydrogen-bond acceptors (Lipinski definition) is 5. The van der Waals surface area contributed by atoms with Crippen molar-refractivity contribution in [1.82, 2.24) is 0 Å². The maximum absolute atomic E-state index is 13.1. The molecule has 1 heterocycles. The van der Waals surface area contributed by atoms with Gasteiger partial charge in [0.1, 0.15) is 0 Å². The molecule has 0 aromatic heterocycles. The molecular weight excluding hydrogens is 354 g/mol. The summed E-state index contributed by atoms with van der Waals surface area (Å²) in [6, 6.07) is 14.4. The number of hydrogen-bond donors (Lipinski definition) is 0. The second-order valence-corrected chi connectivity index (χ2v) is 6.43. The predicted octanol–water partition coefficient (Wildman–Crippen LogP) is 3.63. The lowest BCUT2D eigenvalue weighted by atomic mass is 9.86. The Morgan fingerprint density at radius 2 is 1.92 bits per heavy atom. The van der Waals surface area contributed by atoms with Crippen molar-refractivity contribution in [3.8, 4) is 5.75 Å². The van der Waals surface area contributed by atoms with Gasteiger partial charge in [-0.05, 0) is 31.5 Å². The van der Waals surface area contributed by atoms with Crippen LogP contribution in [-0.4, -0.2) is 30.6 Å². The molecule has 136 valence electrons. The Balaban J connectivity index is 2.16. The zero-order chi connectivity index (χ0) is 18.7. The molecule has 0 spiro atoms. The smallest absolute Gasteiger partial charge is 0.349 e. The van der Waals surface area contributed by atoms with E-state index in [1.54, 1.807) is 30.0 Å². The number of ether oxygens (including phenoxy) is 2. The number of anilines is 1. The van der Waals surface area contributed by atoms with Crippen molar-refractivity contribution >= 4 is 29.2 Å². The highest BCUT2D eigenvalue weighted by molar-refractivity contribution is 6.31. The van der Waals surface area contributed by atoms with Gasteiger partial charge >= 0.3 is 11.9 Å². The largest absolute Gasteiger partial charge is 0.464 e. The predicted molar refractivity (Wildman–Crippen MR) is 99.6 cm³/mol. The fraction of sp³-hybridized carbons (Fsp3) is 0.300. The second-order valence-electron chi connectivity index (χ2n) is 5.99. The lowest BCUT2D eigenvalue weighted by Gasteiger charge is -2.44. The minimum atomic E-state index is -1.58. The van der Waals surface area contributed by atoms with Gasteiger partial charge in [0, 0.05) is 24.1 Å². The lowest BCUT2D eigenvalue weighted by Crippen LogP contribution is -2.66. The third-order valence-corrected chi connectivity index (χ3v) is 4.68. The molecular formula is C20H20ClNO4. The number of likely N-dealkylation sites (N-methyl/N-ethyl adjacent to an activating group) is 1. The number of fused-ring (bicyclic) bond motifs is 1. The van der Waals surface area contributed by atoms with Crippen molar-refractivity contribution in [3.05, 3.63) is 59.1 Å². The molecule has 1 atom stereocenters. The van der Waals surface area contributed by atoms with Gasteiger partial charge in [0.2, 0.25) is 5.54 Å². The standard InChI is InChI=1S/C20H20ClNO4/c1-3-22-16-11-10-15(21)12-17(16)26-19(24)20(22,18(23)25-4-2)13-14-8-6-5-7-9-14/h5-12H,3-4,13H2,1-2H3/t20-/m1/s1. The van der Waals surface area contributed by atoms with E-state index in [1.807, 2.05) is 37.3 Å². The van der Waals surface area contributed by atoms with Gasteiger partial charge in [-0.1, -0.05) is 41.9 Å². The molecule has 0 saturated carbocycles. The molecule has 1 aliphatic rings. The summed E-state index contributed by atoms with van der Waals surface area (Å²) in [5, 5.41) is 0.458. The lowest BCUT2D eigenvalue weighted by molar-refractivity contribution is -0.160. The van der Waals surface area contributed by atoms with Gasteiger partial charge in [0.05, 0.1) is 12.3 Å². The van der Waals surface area contributed by atoms with Gasteiger partial charge in [-0.3, -0.25) is 0 Å². The summed E-state index contributed by atoms with van der Waals surface area (Å²) in [7, 11) is 0. The summed E-state index contributed by atoms with van der Waals surface area (Å²) in [4.78, 5) is 27.8. The first-order valence-electron chi connectivity index (χ1n) is 8.53. The molecule has 2 aromatic carbocycles. The average molecular weight is 374 g/mol. The van der Waals surface area contributed by atoms with Crippen molar-refractivity contribution in [2.24, 2.45) is 0 Å². The first-order chi connectivity index (χ1) is 12.5. The van der Waals surface area contributed by atoms with Crippen molar-refractivity contribution in [1.29, 1.82) is 0 Å². The Labute approximate surface area is 157 Å². The van der Waals surface area contributed by atoms with Crippen LogP contribution in [0.1, 0.15) is 19.4 Å². The number of rotatable bonds is 5. The van der Waals surface area contributed by atoms with Crippen molar-refractivity contribution < 1.29 is 19.1 Å². The van der Waals surface area contributed by atoms with Crippen LogP contribution in [-0.2, 0) is 20.7 Å². The maximum atomic E-state index is 13.1. The van der Waals surface area contributed by atoms with E-state index in [4.69, 9.17) is 21.1 Å². The molecule has 3 rings (SSSR count). The van der Waals surface area contributed by atoms with Gasteiger partial charge < -0.3 is 14.4 Å². The number of esters is 2. The SMILES string of the molecule is CCOC(=O)[C@]1(Cc2ccccc2)C(=O)Oc2cc(Cl)ccc2N1CC. The van der Waals surface area contributed by atoms with E-state index in [0.29, 0.717) is 23.0 Å². The van der Waals surface area contributed by atoms with E-state index in [2.05, 4.69) is 0 Å². The molecule has 0 aliphatic carbocycles. The molecule has 0 bridgehead atoms. The molecule has 0 radical (unpaired) electrons. The Kier molecular flexibility index (Phi) is 5.18. The molecule has 2 aromatic rings. The Bertz CT molecular complexity index is 824. The highest BCUT2D eigenvalue weighted by Gasteiger charge is 2.57. The van der Waals surface area contributed by atoms with Crippen molar-refractivity contribution in [3.63, 3.8) is 0 Å². The molecule has 0 fully saturated rings. The monoisotopic (exact) mass is 373 g/mol. The Morgan fingerprint density at radius 1 is 1.19 bits per heavy atom. The maximum Gasteiger partial charge on any atom is 0.349 e. The third kappa shape index (κ3) is 3.03. The summed E-state index contributed by atoms with van der Waals surface area (Å²) < 4.78 is 10.8. The first kappa shape index (κ1) is 18.3. The number of halogens is 1. The summed E-state index contributed by atoms with van der Waals surface area (Å²) in [6.45, 7) is 4.20. The van der Waals surface area contributed by atoms with Crippen LogP contribution in [0.4, 0.5) is 5.69 Å². The van der Waals surface area contributed by atoms with E-state index in [-0.39, 0.29) is 13.0 Å². The first-order valence-corrected chi connectivity index (χ1v) is 8.91. The third-order valence-electron chi connectivity index (χ3n) is 4.45. The zero-order valence-corrected chi connectivity index (χ0v) is 15.5. The van der Waals surface area contributed by atoms with E-state index in [1.165, 1.54) is 0 Å². The van der Waals surface area contributed by atoms with E-state index in [0.717, 1.165) is 5.56 Å². The number of benzene rings is 2. The summed E-state index contributed by atoms with van der Waals surface area (Å²) >= 11 is 6.03. The van der Waals surface area contributed by atoms with Crippen LogP contribution >= 0.6 is 11.6 Å². The van der Waals surface area contributed by atoms with E-state index in [9.17, 15) is 9.59 Å². The molecule has 0 N–H and O–H groups in total. The number of nitrogens with zero attached hydrogens (tertiary/aromatic N) is 1. The van der Waals surface area contributed by atoms with Crippen molar-refractivity contribution in [2.45, 2.75) is 25.8 Å². The van der Waals surface area contributed by atoms with Crippen molar-refractivity contribution in [2.75, 3.05) is 18.1 Å². The van der Waals surface area contributed by atoms with E-state index < -0.39 is 17.5 Å². The quantitative estimate of drug-likeness (QED) is 0.455. The van der Waals surface area contributed by atoms with Crippen LogP contribution in [0.5, 0.6) is 5.75 Å². The summed E-state index contributed by atoms with van der Waals surface area (Å²) in [5.74, 6) is -0.926. The minimum Gasteiger partial charge on any atom is -0.464 e. The highest BCUT2D eigenvalue weighted by atomic mass is 35.5. The van der Waals surface area contributed by atoms with E-state index >= 15 is 0 Å². The minimum absolute atomic E-state index is 0.154. The zero-order valence-electron chi connectivity index (χ0n) is 14.7. The van der Waals surface area contributed by atoms with Crippen LogP contribution in [0.25, 0.3) is 0 Å². The average Bonchev–Trinajstić information content (AvgIpc) is 2.63. The fourth-order valence-corrected chi connectivity index (χ4v) is 3.47.